The molecule has 0 unspecified atom stereocenters. The fourth-order valence-corrected chi connectivity index (χ4v) is 3.57. The molecule has 1 heterocycles. The second kappa shape index (κ2) is 6.83. The zero-order valence-electron chi connectivity index (χ0n) is 15.0. The van der Waals surface area contributed by atoms with Crippen molar-refractivity contribution in [2.75, 3.05) is 0 Å². The van der Waals surface area contributed by atoms with E-state index in [9.17, 15) is 14.7 Å². The summed E-state index contributed by atoms with van der Waals surface area (Å²) in [6.07, 6.45) is 0. The molecule has 0 saturated heterocycles. The minimum absolute atomic E-state index is 0.117. The summed E-state index contributed by atoms with van der Waals surface area (Å²) in [5.41, 5.74) is 15.1. The monoisotopic (exact) mass is 372 g/mol. The molecule has 3 aromatic carbocycles. The van der Waals surface area contributed by atoms with Crippen molar-refractivity contribution < 1.29 is 14.7 Å². The number of hydrogen-bond acceptors (Lipinski definition) is 3. The number of amides is 2. The first kappa shape index (κ1) is 17.8. The van der Waals surface area contributed by atoms with Crippen LogP contribution in [0.25, 0.3) is 21.8 Å². The number of nitrogens with two attached hydrogens (primary N) is 2. The summed E-state index contributed by atoms with van der Waals surface area (Å²) in [7, 11) is 0. The van der Waals surface area contributed by atoms with Gasteiger partial charge in [-0.25, -0.2) is 0 Å². The number of rotatable bonds is 5. The van der Waals surface area contributed by atoms with E-state index in [-0.39, 0.29) is 6.61 Å². The van der Waals surface area contributed by atoms with Gasteiger partial charge in [-0.3, -0.25) is 9.59 Å². The molecule has 0 aliphatic carbocycles. The molecule has 0 atom stereocenters. The van der Waals surface area contributed by atoms with E-state index in [1.54, 1.807) is 36.4 Å². The lowest BCUT2D eigenvalue weighted by molar-refractivity contribution is 0.0992. The highest BCUT2D eigenvalue weighted by atomic mass is 16.3. The van der Waals surface area contributed by atoms with Gasteiger partial charge < -0.3 is 21.1 Å². The van der Waals surface area contributed by atoms with Gasteiger partial charge in [-0.1, -0.05) is 18.2 Å². The van der Waals surface area contributed by atoms with E-state index in [2.05, 4.69) is 6.07 Å². The summed E-state index contributed by atoms with van der Waals surface area (Å²) in [6, 6.07) is 19.2. The molecule has 6 heteroatoms. The lowest BCUT2D eigenvalue weighted by Crippen LogP contribution is -2.12. The summed E-state index contributed by atoms with van der Waals surface area (Å²) >= 11 is 0. The fraction of sp³-hybridized carbons (Fsp3) is 0.0909. The molecule has 0 aliphatic heterocycles. The van der Waals surface area contributed by atoms with Crippen molar-refractivity contribution in [2.45, 2.75) is 13.2 Å². The van der Waals surface area contributed by atoms with Crippen LogP contribution in [-0.4, -0.2) is 21.5 Å². The zero-order chi connectivity index (χ0) is 19.8. The first-order valence-corrected chi connectivity index (χ1v) is 8.74. The van der Waals surface area contributed by atoms with E-state index in [1.165, 1.54) is 0 Å². The Morgan fingerprint density at radius 2 is 1.75 bits per heavy atom. The molecule has 0 fully saturated rings. The molecule has 4 aromatic rings. The highest BCUT2D eigenvalue weighted by Crippen LogP contribution is 2.32. The summed E-state index contributed by atoms with van der Waals surface area (Å²) in [4.78, 5) is 23.5. The van der Waals surface area contributed by atoms with Crippen molar-refractivity contribution in [3.63, 3.8) is 0 Å². The van der Waals surface area contributed by atoms with Gasteiger partial charge >= 0.3 is 0 Å². The number of nitrogens with zero attached hydrogens (tertiary/aromatic N) is 1. The van der Waals surface area contributed by atoms with Gasteiger partial charge in [-0.2, -0.15) is 0 Å². The number of aliphatic hydroxyl groups is 1. The van der Waals surface area contributed by atoms with E-state index in [0.717, 1.165) is 27.4 Å². The first-order chi connectivity index (χ1) is 13.5. The summed E-state index contributed by atoms with van der Waals surface area (Å²) in [5, 5.41) is 11.0. The first-order valence-electron chi connectivity index (χ1n) is 8.74. The molecule has 0 saturated carbocycles. The van der Waals surface area contributed by atoms with Gasteiger partial charge in [0.1, 0.15) is 0 Å². The van der Waals surface area contributed by atoms with Crippen molar-refractivity contribution in [3.05, 3.63) is 82.9 Å². The minimum Gasteiger partial charge on any atom is -0.392 e. The Hall–Kier alpha value is -3.64. The minimum atomic E-state index is -0.514. The summed E-state index contributed by atoms with van der Waals surface area (Å²) in [5.74, 6) is -1.00. The SMILES string of the molecule is NC(=O)c1cccc(Cn2c3cc(CO)c[c]c3c3c(C(N)=O)cccc32)c1. The highest BCUT2D eigenvalue weighted by molar-refractivity contribution is 6.17. The topological polar surface area (TPSA) is 111 Å². The summed E-state index contributed by atoms with van der Waals surface area (Å²) < 4.78 is 2.02. The Bertz CT molecular complexity index is 1240. The predicted octanol–water partition coefficient (Wildman–Crippen LogP) is 2.33. The molecule has 2 amide bonds. The van der Waals surface area contributed by atoms with Crippen LogP contribution in [0, 0.1) is 6.07 Å². The van der Waals surface area contributed by atoms with Crippen LogP contribution in [-0.2, 0) is 13.2 Å². The molecular weight excluding hydrogens is 354 g/mol. The molecule has 28 heavy (non-hydrogen) atoms. The molecule has 1 radical (unpaired) electrons. The van der Waals surface area contributed by atoms with Crippen LogP contribution < -0.4 is 11.5 Å². The second-order valence-corrected chi connectivity index (χ2v) is 6.64. The van der Waals surface area contributed by atoms with Gasteiger partial charge in [0.15, 0.2) is 0 Å². The quantitative estimate of drug-likeness (QED) is 0.500. The third-order valence-electron chi connectivity index (χ3n) is 4.85. The largest absolute Gasteiger partial charge is 0.392 e. The molecule has 139 valence electrons. The van der Waals surface area contributed by atoms with Crippen LogP contribution in [0.4, 0.5) is 0 Å². The van der Waals surface area contributed by atoms with Gasteiger partial charge in [0.05, 0.1) is 17.6 Å². The van der Waals surface area contributed by atoms with E-state index in [0.29, 0.717) is 23.2 Å². The number of aliphatic hydroxyl groups excluding tert-OH is 1. The van der Waals surface area contributed by atoms with E-state index < -0.39 is 11.8 Å². The van der Waals surface area contributed by atoms with Crippen LogP contribution in [0.15, 0.2) is 54.6 Å². The van der Waals surface area contributed by atoms with Crippen LogP contribution in [0.5, 0.6) is 0 Å². The third-order valence-corrected chi connectivity index (χ3v) is 4.85. The maximum atomic E-state index is 12.0. The van der Waals surface area contributed by atoms with Crippen LogP contribution in [0.3, 0.4) is 0 Å². The third kappa shape index (κ3) is 2.90. The van der Waals surface area contributed by atoms with Crippen molar-refractivity contribution >= 4 is 33.6 Å². The Kier molecular flexibility index (Phi) is 4.33. The normalized spacial score (nSPS) is 11.2. The number of carbonyl (C=O) groups excluding carboxylic acids is 2. The van der Waals surface area contributed by atoms with E-state index in [4.69, 9.17) is 11.5 Å². The van der Waals surface area contributed by atoms with Crippen molar-refractivity contribution in [1.29, 1.82) is 0 Å². The maximum absolute atomic E-state index is 12.0. The van der Waals surface area contributed by atoms with Gasteiger partial charge in [-0.15, -0.1) is 0 Å². The van der Waals surface area contributed by atoms with Crippen LogP contribution in [0.1, 0.15) is 31.8 Å². The number of hydrogen-bond donors (Lipinski definition) is 3. The number of benzene rings is 3. The van der Waals surface area contributed by atoms with Crippen LogP contribution in [0.2, 0.25) is 0 Å². The molecule has 1 aromatic heterocycles. The number of aromatic nitrogens is 1. The molecular formula is C22H18N3O3. The average Bonchev–Trinajstić information content (AvgIpc) is 3.01. The predicted molar refractivity (Wildman–Crippen MR) is 107 cm³/mol. The van der Waals surface area contributed by atoms with Gasteiger partial charge in [-0.05, 0) is 53.6 Å². The lowest BCUT2D eigenvalue weighted by Gasteiger charge is -2.09. The smallest absolute Gasteiger partial charge is 0.249 e. The van der Waals surface area contributed by atoms with Crippen molar-refractivity contribution in [3.8, 4) is 0 Å². The van der Waals surface area contributed by atoms with Gasteiger partial charge in [0, 0.05) is 28.4 Å². The Morgan fingerprint density at radius 1 is 0.964 bits per heavy atom. The molecule has 4 rings (SSSR count). The molecule has 6 nitrogen and oxygen atoms in total. The van der Waals surface area contributed by atoms with Gasteiger partial charge in [0.25, 0.3) is 0 Å². The van der Waals surface area contributed by atoms with E-state index in [1.807, 2.05) is 22.8 Å². The standard InChI is InChI=1S/C22H18N3O3/c23-21(27)15-4-1-3-13(9-15)11-25-18-6-2-5-17(22(24)28)20(18)16-8-7-14(12-26)10-19(16)25/h1-7,9-10,26H,11-12H2,(H2,23,27)(H2,24,28). The Morgan fingerprint density at radius 3 is 2.46 bits per heavy atom. The average molecular weight is 372 g/mol. The van der Waals surface area contributed by atoms with Crippen molar-refractivity contribution in [2.24, 2.45) is 11.5 Å². The number of fused-ring (bicyclic) bond motifs is 3. The Labute approximate surface area is 161 Å². The molecule has 0 bridgehead atoms. The maximum Gasteiger partial charge on any atom is 0.249 e. The summed E-state index contributed by atoms with van der Waals surface area (Å²) in [6.45, 7) is 0.333. The molecule has 0 aliphatic rings. The van der Waals surface area contributed by atoms with Gasteiger partial charge in [0.2, 0.25) is 11.8 Å². The molecule has 5 N–H and O–H groups in total. The second-order valence-electron chi connectivity index (χ2n) is 6.64. The van der Waals surface area contributed by atoms with Crippen LogP contribution >= 0.6 is 0 Å². The zero-order valence-corrected chi connectivity index (χ0v) is 15.0. The number of carbonyl (C=O) groups is 2. The Balaban J connectivity index is 2.00. The lowest BCUT2D eigenvalue weighted by atomic mass is 10.0. The van der Waals surface area contributed by atoms with Crippen molar-refractivity contribution in [1.82, 2.24) is 4.57 Å². The number of primary amides is 2. The van der Waals surface area contributed by atoms with E-state index >= 15 is 0 Å². The highest BCUT2D eigenvalue weighted by Gasteiger charge is 2.17. The molecule has 0 spiro atoms. The fourth-order valence-electron chi connectivity index (χ4n) is 3.57.